The van der Waals surface area contributed by atoms with Gasteiger partial charge in [0.1, 0.15) is 0 Å². The first-order valence-corrected chi connectivity index (χ1v) is 8.09. The minimum atomic E-state index is -0.0734. The first-order chi connectivity index (χ1) is 10.1. The van der Waals surface area contributed by atoms with E-state index in [9.17, 15) is 4.79 Å². The number of halogens is 1. The topological polar surface area (TPSA) is 41.1 Å². The lowest BCUT2D eigenvalue weighted by molar-refractivity contribution is 0.102. The highest BCUT2D eigenvalue weighted by Crippen LogP contribution is 2.18. The van der Waals surface area contributed by atoms with E-state index in [2.05, 4.69) is 40.1 Å². The first-order valence-electron chi connectivity index (χ1n) is 7.01. The molecule has 0 saturated heterocycles. The Morgan fingerprint density at radius 2 is 1.76 bits per heavy atom. The van der Waals surface area contributed by atoms with E-state index in [0.29, 0.717) is 5.56 Å². The molecule has 3 nitrogen and oxygen atoms in total. The van der Waals surface area contributed by atoms with Crippen LogP contribution in [0.15, 0.2) is 42.5 Å². The van der Waals surface area contributed by atoms with E-state index in [1.165, 1.54) is 0 Å². The van der Waals surface area contributed by atoms with Gasteiger partial charge >= 0.3 is 0 Å². The molecule has 2 N–H and O–H groups in total. The number of hydrogen-bond donors (Lipinski definition) is 2. The predicted octanol–water partition coefficient (Wildman–Crippen LogP) is 4.67. The fourth-order valence-electron chi connectivity index (χ4n) is 2.03. The average molecular weight is 394 g/mol. The van der Waals surface area contributed by atoms with E-state index in [1.807, 2.05) is 49.4 Å². The van der Waals surface area contributed by atoms with Crippen LogP contribution in [0.25, 0.3) is 0 Å². The number of hydrogen-bond acceptors (Lipinski definition) is 2. The third kappa shape index (κ3) is 4.46. The van der Waals surface area contributed by atoms with Crippen molar-refractivity contribution in [2.75, 3.05) is 17.2 Å². The number of carbonyl (C=O) groups is 1. The Bertz CT molecular complexity index is 623. The maximum Gasteiger partial charge on any atom is 0.255 e. The van der Waals surface area contributed by atoms with Gasteiger partial charge in [-0.2, -0.15) is 0 Å². The molecular formula is C17H19IN2O. The van der Waals surface area contributed by atoms with Crippen LogP contribution < -0.4 is 10.6 Å². The van der Waals surface area contributed by atoms with Gasteiger partial charge in [0.05, 0.1) is 0 Å². The average Bonchev–Trinajstić information content (AvgIpc) is 2.47. The van der Waals surface area contributed by atoms with Crippen molar-refractivity contribution < 1.29 is 4.79 Å². The Labute approximate surface area is 139 Å². The molecule has 110 valence electrons. The van der Waals surface area contributed by atoms with Gasteiger partial charge in [0.2, 0.25) is 0 Å². The quantitative estimate of drug-likeness (QED) is 0.724. The molecule has 0 fully saturated rings. The van der Waals surface area contributed by atoms with Gasteiger partial charge in [0.25, 0.3) is 5.91 Å². The highest BCUT2D eigenvalue weighted by molar-refractivity contribution is 14.1. The highest BCUT2D eigenvalue weighted by Gasteiger charge is 2.09. The molecule has 0 aliphatic rings. The standard InChI is InChI=1S/C17H19IN2O/c1-3-10-19-15-8-9-16(12(2)11-15)17(21)20-14-6-4-13(18)5-7-14/h4-9,11,19H,3,10H2,1-2H3,(H,20,21). The molecule has 4 heteroatoms. The molecule has 0 aliphatic heterocycles. The van der Waals surface area contributed by atoms with Gasteiger partial charge in [-0.05, 0) is 84.0 Å². The van der Waals surface area contributed by atoms with Crippen molar-refractivity contribution >= 4 is 39.9 Å². The minimum Gasteiger partial charge on any atom is -0.385 e. The fourth-order valence-corrected chi connectivity index (χ4v) is 2.39. The van der Waals surface area contributed by atoms with Gasteiger partial charge in [0.15, 0.2) is 0 Å². The van der Waals surface area contributed by atoms with Gasteiger partial charge in [-0.25, -0.2) is 0 Å². The SMILES string of the molecule is CCCNc1ccc(C(=O)Nc2ccc(I)cc2)c(C)c1. The second-order valence-corrected chi connectivity index (χ2v) is 6.16. The number of aryl methyl sites for hydroxylation is 1. The molecule has 0 heterocycles. The van der Waals surface area contributed by atoms with Crippen LogP contribution in [0, 0.1) is 10.5 Å². The molecule has 0 atom stereocenters. The second-order valence-electron chi connectivity index (χ2n) is 4.92. The van der Waals surface area contributed by atoms with Crippen molar-refractivity contribution in [3.8, 4) is 0 Å². The summed E-state index contributed by atoms with van der Waals surface area (Å²) in [5.41, 5.74) is 3.54. The zero-order valence-electron chi connectivity index (χ0n) is 12.2. The largest absolute Gasteiger partial charge is 0.385 e. The third-order valence-corrected chi connectivity index (χ3v) is 3.87. The smallest absolute Gasteiger partial charge is 0.255 e. The molecule has 0 saturated carbocycles. The van der Waals surface area contributed by atoms with Crippen LogP contribution in [-0.4, -0.2) is 12.5 Å². The maximum atomic E-state index is 12.3. The predicted molar refractivity (Wildman–Crippen MR) is 97.1 cm³/mol. The van der Waals surface area contributed by atoms with Crippen LogP contribution in [-0.2, 0) is 0 Å². The van der Waals surface area contributed by atoms with Gasteiger partial charge in [0, 0.05) is 27.1 Å². The molecule has 2 rings (SSSR count). The van der Waals surface area contributed by atoms with Crippen LogP contribution in [0.4, 0.5) is 11.4 Å². The van der Waals surface area contributed by atoms with Crippen molar-refractivity contribution in [1.82, 2.24) is 0 Å². The summed E-state index contributed by atoms with van der Waals surface area (Å²) in [5.74, 6) is -0.0734. The van der Waals surface area contributed by atoms with Crippen molar-refractivity contribution in [1.29, 1.82) is 0 Å². The summed E-state index contributed by atoms with van der Waals surface area (Å²) in [7, 11) is 0. The molecule has 0 bridgehead atoms. The molecule has 0 aromatic heterocycles. The van der Waals surface area contributed by atoms with Crippen LogP contribution in [0.1, 0.15) is 29.3 Å². The van der Waals surface area contributed by atoms with E-state index in [-0.39, 0.29) is 5.91 Å². The summed E-state index contributed by atoms with van der Waals surface area (Å²) in [5, 5.41) is 6.25. The Morgan fingerprint density at radius 3 is 2.38 bits per heavy atom. The molecule has 2 aromatic rings. The summed E-state index contributed by atoms with van der Waals surface area (Å²) in [6, 6.07) is 13.6. The van der Waals surface area contributed by atoms with Crippen LogP contribution in [0.5, 0.6) is 0 Å². The molecule has 2 aromatic carbocycles. The molecule has 0 radical (unpaired) electrons. The van der Waals surface area contributed by atoms with Crippen molar-refractivity contribution in [3.05, 3.63) is 57.2 Å². The Kier molecular flexibility index (Phi) is 5.61. The highest BCUT2D eigenvalue weighted by atomic mass is 127. The Balaban J connectivity index is 2.10. The zero-order chi connectivity index (χ0) is 15.2. The van der Waals surface area contributed by atoms with Gasteiger partial charge < -0.3 is 10.6 Å². The lowest BCUT2D eigenvalue weighted by Gasteiger charge is -2.11. The van der Waals surface area contributed by atoms with Gasteiger partial charge in [-0.3, -0.25) is 4.79 Å². The number of carbonyl (C=O) groups excluding carboxylic acids is 1. The van der Waals surface area contributed by atoms with Crippen molar-refractivity contribution in [2.45, 2.75) is 20.3 Å². The second kappa shape index (κ2) is 7.45. The lowest BCUT2D eigenvalue weighted by atomic mass is 10.1. The maximum absolute atomic E-state index is 12.3. The molecule has 0 aliphatic carbocycles. The van der Waals surface area contributed by atoms with Crippen molar-refractivity contribution in [2.24, 2.45) is 0 Å². The lowest BCUT2D eigenvalue weighted by Crippen LogP contribution is -2.13. The van der Waals surface area contributed by atoms with E-state index < -0.39 is 0 Å². The summed E-state index contributed by atoms with van der Waals surface area (Å²) >= 11 is 2.24. The van der Waals surface area contributed by atoms with Crippen LogP contribution in [0.3, 0.4) is 0 Å². The van der Waals surface area contributed by atoms with Crippen LogP contribution >= 0.6 is 22.6 Å². The molecule has 21 heavy (non-hydrogen) atoms. The molecule has 0 spiro atoms. The van der Waals surface area contributed by atoms with Gasteiger partial charge in [-0.1, -0.05) is 6.92 Å². The minimum absolute atomic E-state index is 0.0734. The molecule has 1 amide bonds. The summed E-state index contributed by atoms with van der Waals surface area (Å²) in [6.45, 7) is 5.02. The van der Waals surface area contributed by atoms with E-state index in [4.69, 9.17) is 0 Å². The number of amides is 1. The fraction of sp³-hybridized carbons (Fsp3) is 0.235. The number of anilines is 2. The number of benzene rings is 2. The monoisotopic (exact) mass is 394 g/mol. The number of rotatable bonds is 5. The third-order valence-electron chi connectivity index (χ3n) is 3.15. The van der Waals surface area contributed by atoms with Crippen molar-refractivity contribution in [3.63, 3.8) is 0 Å². The summed E-state index contributed by atoms with van der Waals surface area (Å²) < 4.78 is 1.15. The zero-order valence-corrected chi connectivity index (χ0v) is 14.4. The van der Waals surface area contributed by atoms with E-state index in [1.54, 1.807) is 0 Å². The van der Waals surface area contributed by atoms with Crippen LogP contribution in [0.2, 0.25) is 0 Å². The normalized spacial score (nSPS) is 10.2. The summed E-state index contributed by atoms with van der Waals surface area (Å²) in [4.78, 5) is 12.3. The molecule has 0 unspecified atom stereocenters. The Morgan fingerprint density at radius 1 is 1.10 bits per heavy atom. The Hall–Kier alpha value is -1.56. The van der Waals surface area contributed by atoms with E-state index >= 15 is 0 Å². The van der Waals surface area contributed by atoms with Gasteiger partial charge in [-0.15, -0.1) is 0 Å². The molecular weight excluding hydrogens is 375 g/mol. The summed E-state index contributed by atoms with van der Waals surface area (Å²) in [6.07, 6.45) is 1.08. The number of nitrogens with one attached hydrogen (secondary N) is 2. The first kappa shape index (κ1) is 15.8. The van der Waals surface area contributed by atoms with E-state index in [0.717, 1.165) is 33.5 Å².